The molecule has 1 heterocycles. The third-order valence-electron chi connectivity index (χ3n) is 4.19. The molecule has 1 aliphatic heterocycles. The number of fused-ring (bicyclic) bond motifs is 1. The molecule has 5 heteroatoms. The number of hydrogen-bond donors (Lipinski definition) is 1. The predicted octanol–water partition coefficient (Wildman–Crippen LogP) is 4.46. The van der Waals surface area contributed by atoms with Gasteiger partial charge >= 0.3 is 0 Å². The van der Waals surface area contributed by atoms with E-state index in [2.05, 4.69) is 31.2 Å². The van der Waals surface area contributed by atoms with Gasteiger partial charge in [0.05, 0.1) is 0 Å². The van der Waals surface area contributed by atoms with Crippen molar-refractivity contribution >= 4 is 41.5 Å². The maximum absolute atomic E-state index is 12.6. The van der Waals surface area contributed by atoms with Crippen molar-refractivity contribution in [3.05, 3.63) is 53.6 Å². The second-order valence-electron chi connectivity index (χ2n) is 5.91. The molecule has 0 atom stereocenters. The summed E-state index contributed by atoms with van der Waals surface area (Å²) in [5.74, 6) is 0.993. The van der Waals surface area contributed by atoms with Gasteiger partial charge in [0.25, 0.3) is 0 Å². The number of nitrogens with zero attached hydrogens (tertiary/aromatic N) is 1. The first kappa shape index (κ1) is 18.7. The van der Waals surface area contributed by atoms with Gasteiger partial charge in [0.2, 0.25) is 5.91 Å². The molecule has 3 rings (SSSR count). The summed E-state index contributed by atoms with van der Waals surface area (Å²) in [4.78, 5) is 15.7. The number of hydrogen-bond acceptors (Lipinski definition) is 3. The zero-order valence-corrected chi connectivity index (χ0v) is 15.5. The quantitative estimate of drug-likeness (QED) is 0.645. The molecule has 0 radical (unpaired) electrons. The van der Waals surface area contributed by atoms with Crippen molar-refractivity contribution in [2.45, 2.75) is 31.1 Å². The molecule has 0 saturated carbocycles. The van der Waals surface area contributed by atoms with Crippen LogP contribution in [0.3, 0.4) is 0 Å². The molecular weight excluding hydrogens is 340 g/mol. The third kappa shape index (κ3) is 4.25. The lowest BCUT2D eigenvalue weighted by molar-refractivity contribution is -0.118. The standard InChI is InChI=1S/C19H22N2OS.ClH/c1-14-7-9-15(10-8-14)23-13-11-19(22)21-12-3-4-16-17(20)5-2-6-18(16)21;/h2,5-10H,3-4,11-13,20H2,1H3;1H. The fraction of sp³-hybridized carbons (Fsp3) is 0.316. The van der Waals surface area contributed by atoms with Crippen LogP contribution < -0.4 is 10.6 Å². The van der Waals surface area contributed by atoms with Gasteiger partial charge in [-0.2, -0.15) is 0 Å². The molecule has 3 nitrogen and oxygen atoms in total. The van der Waals surface area contributed by atoms with Gasteiger partial charge in [-0.3, -0.25) is 4.79 Å². The highest BCUT2D eigenvalue weighted by atomic mass is 35.5. The predicted molar refractivity (Wildman–Crippen MR) is 105 cm³/mol. The minimum absolute atomic E-state index is 0. The molecular formula is C19H23ClN2OS. The first-order chi connectivity index (χ1) is 11.1. The number of nitrogens with two attached hydrogens (primary N) is 1. The van der Waals surface area contributed by atoms with Crippen molar-refractivity contribution in [3.8, 4) is 0 Å². The van der Waals surface area contributed by atoms with Crippen molar-refractivity contribution in [1.29, 1.82) is 0 Å². The Morgan fingerprint density at radius 2 is 1.96 bits per heavy atom. The number of rotatable bonds is 4. The van der Waals surface area contributed by atoms with Gasteiger partial charge in [-0.05, 0) is 49.6 Å². The smallest absolute Gasteiger partial charge is 0.227 e. The fourth-order valence-corrected chi connectivity index (χ4v) is 3.78. The van der Waals surface area contributed by atoms with E-state index in [1.807, 2.05) is 23.1 Å². The molecule has 1 aliphatic rings. The second-order valence-corrected chi connectivity index (χ2v) is 7.07. The highest BCUT2D eigenvalue weighted by Gasteiger charge is 2.23. The van der Waals surface area contributed by atoms with Crippen LogP contribution in [0.1, 0.15) is 24.0 Å². The van der Waals surface area contributed by atoms with Crippen LogP contribution in [0.4, 0.5) is 11.4 Å². The zero-order valence-electron chi connectivity index (χ0n) is 13.8. The van der Waals surface area contributed by atoms with E-state index in [-0.39, 0.29) is 18.3 Å². The monoisotopic (exact) mass is 362 g/mol. The molecule has 128 valence electrons. The van der Waals surface area contributed by atoms with Gasteiger partial charge in [-0.1, -0.05) is 23.8 Å². The number of thioether (sulfide) groups is 1. The Morgan fingerprint density at radius 3 is 2.71 bits per heavy atom. The summed E-state index contributed by atoms with van der Waals surface area (Å²) in [6.45, 7) is 2.88. The van der Waals surface area contributed by atoms with Gasteiger partial charge in [0.1, 0.15) is 0 Å². The molecule has 2 aromatic carbocycles. The Balaban J connectivity index is 0.00000208. The van der Waals surface area contributed by atoms with Crippen LogP contribution in [0.2, 0.25) is 0 Å². The van der Waals surface area contributed by atoms with E-state index in [9.17, 15) is 4.79 Å². The van der Waals surface area contributed by atoms with Gasteiger partial charge in [-0.25, -0.2) is 0 Å². The first-order valence-corrected chi connectivity index (χ1v) is 9.01. The minimum Gasteiger partial charge on any atom is -0.398 e. The summed E-state index contributed by atoms with van der Waals surface area (Å²) in [7, 11) is 0. The van der Waals surface area contributed by atoms with Gasteiger partial charge in [-0.15, -0.1) is 24.2 Å². The van der Waals surface area contributed by atoms with Crippen molar-refractivity contribution in [1.82, 2.24) is 0 Å². The maximum Gasteiger partial charge on any atom is 0.227 e. The van der Waals surface area contributed by atoms with Crippen LogP contribution in [-0.4, -0.2) is 18.2 Å². The first-order valence-electron chi connectivity index (χ1n) is 8.02. The summed E-state index contributed by atoms with van der Waals surface area (Å²) < 4.78 is 0. The molecule has 0 fully saturated rings. The molecule has 0 bridgehead atoms. The Morgan fingerprint density at radius 1 is 1.21 bits per heavy atom. The average Bonchev–Trinajstić information content (AvgIpc) is 2.56. The molecule has 0 unspecified atom stereocenters. The number of carbonyl (C=O) groups is 1. The van der Waals surface area contributed by atoms with E-state index in [4.69, 9.17) is 5.73 Å². The normalized spacial score (nSPS) is 13.1. The Kier molecular flexibility index (Phi) is 6.58. The molecule has 2 aromatic rings. The van der Waals surface area contributed by atoms with Crippen LogP contribution in [0, 0.1) is 6.92 Å². The SMILES string of the molecule is Cc1ccc(SCCC(=O)N2CCCc3c(N)cccc32)cc1.Cl. The minimum atomic E-state index is 0. The molecule has 1 amide bonds. The number of nitrogen functional groups attached to an aromatic ring is 1. The van der Waals surface area contributed by atoms with E-state index in [1.165, 1.54) is 10.5 Å². The highest BCUT2D eigenvalue weighted by Crippen LogP contribution is 2.32. The number of benzene rings is 2. The molecule has 24 heavy (non-hydrogen) atoms. The summed E-state index contributed by atoms with van der Waals surface area (Å²) in [6.07, 6.45) is 2.49. The lowest BCUT2D eigenvalue weighted by Crippen LogP contribution is -2.35. The summed E-state index contributed by atoms with van der Waals surface area (Å²) in [6, 6.07) is 14.3. The largest absolute Gasteiger partial charge is 0.398 e. The maximum atomic E-state index is 12.6. The summed E-state index contributed by atoms with van der Waals surface area (Å²) >= 11 is 1.73. The van der Waals surface area contributed by atoms with Crippen LogP contribution in [0.15, 0.2) is 47.4 Å². The van der Waals surface area contributed by atoms with E-state index >= 15 is 0 Å². The Labute approximate surface area is 154 Å². The third-order valence-corrected chi connectivity index (χ3v) is 5.21. The second kappa shape index (κ2) is 8.45. The van der Waals surface area contributed by atoms with E-state index < -0.39 is 0 Å². The van der Waals surface area contributed by atoms with Crippen molar-refractivity contribution in [3.63, 3.8) is 0 Å². The molecule has 0 aromatic heterocycles. The Bertz CT molecular complexity index is 703. The van der Waals surface area contributed by atoms with Crippen LogP contribution >= 0.6 is 24.2 Å². The van der Waals surface area contributed by atoms with E-state index in [1.54, 1.807) is 11.8 Å². The lowest BCUT2D eigenvalue weighted by atomic mass is 9.99. The van der Waals surface area contributed by atoms with Crippen LogP contribution in [0.5, 0.6) is 0 Å². The van der Waals surface area contributed by atoms with Crippen molar-refractivity contribution in [2.75, 3.05) is 22.9 Å². The number of carbonyl (C=O) groups excluding carboxylic acids is 1. The van der Waals surface area contributed by atoms with Gasteiger partial charge in [0, 0.05) is 35.0 Å². The average molecular weight is 363 g/mol. The molecule has 0 aliphatic carbocycles. The molecule has 0 saturated heterocycles. The van der Waals surface area contributed by atoms with E-state index in [0.717, 1.165) is 42.1 Å². The fourth-order valence-electron chi connectivity index (χ4n) is 2.94. The summed E-state index contributed by atoms with van der Waals surface area (Å²) in [5.41, 5.74) is 10.2. The highest BCUT2D eigenvalue weighted by molar-refractivity contribution is 7.99. The summed E-state index contributed by atoms with van der Waals surface area (Å²) in [5, 5.41) is 0. The van der Waals surface area contributed by atoms with Crippen molar-refractivity contribution < 1.29 is 4.79 Å². The zero-order chi connectivity index (χ0) is 16.2. The number of aryl methyl sites for hydroxylation is 1. The van der Waals surface area contributed by atoms with Gasteiger partial charge in [0.15, 0.2) is 0 Å². The lowest BCUT2D eigenvalue weighted by Gasteiger charge is -2.30. The molecule has 2 N–H and O–H groups in total. The van der Waals surface area contributed by atoms with Crippen LogP contribution in [0.25, 0.3) is 0 Å². The number of anilines is 2. The number of amides is 1. The number of halogens is 1. The van der Waals surface area contributed by atoms with Gasteiger partial charge < -0.3 is 10.6 Å². The van der Waals surface area contributed by atoms with Crippen molar-refractivity contribution in [2.24, 2.45) is 0 Å². The topological polar surface area (TPSA) is 46.3 Å². The van der Waals surface area contributed by atoms with Crippen LogP contribution in [-0.2, 0) is 11.2 Å². The molecule has 0 spiro atoms. The Hall–Kier alpha value is -1.65. The van der Waals surface area contributed by atoms with E-state index in [0.29, 0.717) is 6.42 Å².